The fourth-order valence-corrected chi connectivity index (χ4v) is 4.20. The Morgan fingerprint density at radius 3 is 2.58 bits per heavy atom. The number of nitrogens with two attached hydrogens (primary N) is 1. The quantitative estimate of drug-likeness (QED) is 0.283. The minimum atomic E-state index is -0.993. The van der Waals surface area contributed by atoms with E-state index in [0.29, 0.717) is 41.9 Å². The number of aromatic nitrogens is 2. The summed E-state index contributed by atoms with van der Waals surface area (Å²) in [6.07, 6.45) is 10.6. The van der Waals surface area contributed by atoms with Gasteiger partial charge in [0.1, 0.15) is 5.82 Å². The van der Waals surface area contributed by atoms with E-state index in [1.54, 1.807) is 19.1 Å². The molecule has 0 spiro atoms. The summed E-state index contributed by atoms with van der Waals surface area (Å²) in [7, 11) is 0. The van der Waals surface area contributed by atoms with Crippen LogP contribution in [0.4, 0.5) is 10.2 Å². The Hall–Kier alpha value is -3.04. The number of anilines is 1. The van der Waals surface area contributed by atoms with Gasteiger partial charge in [-0.3, -0.25) is 9.36 Å². The summed E-state index contributed by atoms with van der Waals surface area (Å²) in [4.78, 5) is 30.8. The van der Waals surface area contributed by atoms with Crippen molar-refractivity contribution in [3.05, 3.63) is 86.9 Å². The largest absolute Gasteiger partial charge is 0.396 e. The van der Waals surface area contributed by atoms with Gasteiger partial charge in [0.15, 0.2) is 5.78 Å². The van der Waals surface area contributed by atoms with Gasteiger partial charge in [-0.25, -0.2) is 9.18 Å². The van der Waals surface area contributed by atoms with E-state index in [1.807, 2.05) is 30.2 Å². The predicted molar refractivity (Wildman–Crippen MR) is 146 cm³/mol. The minimum Gasteiger partial charge on any atom is -0.396 e. The number of Topliss-reactive ketones (excluding diaryl/α,β-unsaturated/α-hetero) is 1. The number of carbonyl (C=O) groups is 1. The van der Waals surface area contributed by atoms with Crippen molar-refractivity contribution < 1.29 is 14.3 Å². The zero-order valence-corrected chi connectivity index (χ0v) is 22.8. The Morgan fingerprint density at radius 1 is 1.31 bits per heavy atom. The molecule has 9 heteroatoms. The number of nitrogen functional groups attached to an aromatic ring is 1. The van der Waals surface area contributed by atoms with Crippen LogP contribution in [-0.2, 0) is 4.79 Å². The number of rotatable bonds is 11. The molecule has 0 saturated heterocycles. The molecular formula is C27H34BrFN4O3. The van der Waals surface area contributed by atoms with Crippen molar-refractivity contribution in [3.63, 3.8) is 0 Å². The maximum atomic E-state index is 13.5. The molecule has 0 radical (unpaired) electrons. The summed E-state index contributed by atoms with van der Waals surface area (Å²) in [5.41, 5.74) is 8.26. The van der Waals surface area contributed by atoms with Gasteiger partial charge in [0.25, 0.3) is 0 Å². The number of halogens is 2. The van der Waals surface area contributed by atoms with Crippen LogP contribution in [-0.4, -0.2) is 38.1 Å². The third-order valence-electron chi connectivity index (χ3n) is 5.86. The van der Waals surface area contributed by atoms with Gasteiger partial charge >= 0.3 is 5.69 Å². The fraction of sp³-hybridized carbons (Fsp3) is 0.370. The summed E-state index contributed by atoms with van der Waals surface area (Å²) < 4.78 is 15.6. The SMILES string of the molecule is C=C1C=CC(Br)=CN1/C(=C(\C)C(C)=O)C(CCO)/C(C)=C/C(=C\CCC(C)F)n1ccc(N)nc1=O. The van der Waals surface area contributed by atoms with Crippen molar-refractivity contribution >= 4 is 33.2 Å². The van der Waals surface area contributed by atoms with E-state index in [4.69, 9.17) is 5.73 Å². The summed E-state index contributed by atoms with van der Waals surface area (Å²) in [6, 6.07) is 1.51. The summed E-state index contributed by atoms with van der Waals surface area (Å²) in [5.74, 6) is -0.401. The van der Waals surface area contributed by atoms with Crippen LogP contribution >= 0.6 is 15.9 Å². The molecule has 0 amide bonds. The molecule has 0 aliphatic carbocycles. The monoisotopic (exact) mass is 560 g/mol. The van der Waals surface area contributed by atoms with Crippen molar-refractivity contribution in [2.24, 2.45) is 5.92 Å². The first kappa shape index (κ1) is 29.2. The van der Waals surface area contributed by atoms with E-state index in [-0.39, 0.29) is 24.1 Å². The lowest BCUT2D eigenvalue weighted by Crippen LogP contribution is -2.27. The summed E-state index contributed by atoms with van der Waals surface area (Å²) >= 11 is 3.49. The Balaban J connectivity index is 2.69. The van der Waals surface area contributed by atoms with Crippen LogP contribution in [0.1, 0.15) is 47.0 Å². The molecule has 0 bridgehead atoms. The van der Waals surface area contributed by atoms with Crippen LogP contribution in [0.25, 0.3) is 5.70 Å². The molecule has 36 heavy (non-hydrogen) atoms. The molecule has 0 saturated carbocycles. The van der Waals surface area contributed by atoms with Crippen LogP contribution in [0, 0.1) is 5.92 Å². The van der Waals surface area contributed by atoms with Crippen LogP contribution in [0.3, 0.4) is 0 Å². The van der Waals surface area contributed by atoms with E-state index >= 15 is 0 Å². The zero-order chi connectivity index (χ0) is 27.0. The number of aliphatic hydroxyl groups excluding tert-OH is 1. The molecular weight excluding hydrogens is 527 g/mol. The molecule has 2 atom stereocenters. The molecule has 7 nitrogen and oxygen atoms in total. The maximum Gasteiger partial charge on any atom is 0.354 e. The minimum absolute atomic E-state index is 0.100. The molecule has 1 aliphatic heterocycles. The molecule has 194 valence electrons. The lowest BCUT2D eigenvalue weighted by Gasteiger charge is -2.34. The summed E-state index contributed by atoms with van der Waals surface area (Å²) in [5, 5.41) is 9.95. The van der Waals surface area contributed by atoms with Gasteiger partial charge in [-0.05, 0) is 87.2 Å². The topological polar surface area (TPSA) is 101 Å². The number of nitrogens with zero attached hydrogens (tertiary/aromatic N) is 3. The van der Waals surface area contributed by atoms with Crippen LogP contribution in [0.2, 0.25) is 0 Å². The Kier molecular flexibility index (Phi) is 10.8. The number of ketones is 1. The first-order valence-electron chi connectivity index (χ1n) is 11.7. The van der Waals surface area contributed by atoms with Gasteiger partial charge in [-0.15, -0.1) is 0 Å². The molecule has 0 aromatic carbocycles. The standard InChI is InChI=1S/C27H34BrFN4O3/c1-17(15-23(8-6-7-18(2)29)32-13-11-25(30)31-27(32)36)24(12-14-34)26(20(4)21(5)35)33-16-22(28)10-9-19(33)3/h8-11,13,15-16,18,24,34H,3,6-7,12,14H2,1-2,4-5H3,(H2,30,31,36)/b17-15+,23-8+,26-20+. The molecule has 0 fully saturated rings. The van der Waals surface area contributed by atoms with Gasteiger partial charge in [-0.1, -0.05) is 18.2 Å². The van der Waals surface area contributed by atoms with E-state index < -0.39 is 11.9 Å². The van der Waals surface area contributed by atoms with Crippen molar-refractivity contribution in [1.82, 2.24) is 14.5 Å². The molecule has 2 rings (SSSR count). The van der Waals surface area contributed by atoms with Gasteiger partial charge in [0.2, 0.25) is 0 Å². The van der Waals surface area contributed by atoms with E-state index in [9.17, 15) is 19.1 Å². The van der Waals surface area contributed by atoms with Gasteiger partial charge in [-0.2, -0.15) is 4.98 Å². The third-order valence-corrected chi connectivity index (χ3v) is 6.33. The summed E-state index contributed by atoms with van der Waals surface area (Å²) in [6.45, 7) is 10.6. The highest BCUT2D eigenvalue weighted by Gasteiger charge is 2.27. The van der Waals surface area contributed by atoms with Crippen LogP contribution in [0.15, 0.2) is 81.2 Å². The average Bonchev–Trinajstić information content (AvgIpc) is 2.79. The Bertz CT molecular complexity index is 1210. The number of hydrogen-bond donors (Lipinski definition) is 2. The number of aliphatic hydroxyl groups is 1. The number of alkyl halides is 1. The second-order valence-corrected chi connectivity index (χ2v) is 9.64. The third kappa shape index (κ3) is 7.73. The number of carbonyl (C=O) groups excluding carboxylic acids is 1. The van der Waals surface area contributed by atoms with Crippen LogP contribution < -0.4 is 11.4 Å². The molecule has 1 aromatic heterocycles. The number of hydrogen-bond acceptors (Lipinski definition) is 6. The second kappa shape index (κ2) is 13.3. The predicted octanol–water partition coefficient (Wildman–Crippen LogP) is 5.23. The van der Waals surface area contributed by atoms with Gasteiger partial charge in [0.05, 0.1) is 6.17 Å². The second-order valence-electron chi connectivity index (χ2n) is 8.72. The van der Waals surface area contributed by atoms with E-state index in [1.165, 1.54) is 30.7 Å². The molecule has 1 aliphatic rings. The zero-order valence-electron chi connectivity index (χ0n) is 21.2. The maximum absolute atomic E-state index is 13.5. The van der Waals surface area contributed by atoms with E-state index in [0.717, 1.165) is 10.1 Å². The normalized spacial score (nSPS) is 17.0. The Labute approximate surface area is 220 Å². The molecule has 1 aromatic rings. The fourth-order valence-electron chi connectivity index (χ4n) is 3.86. The highest BCUT2D eigenvalue weighted by Crippen LogP contribution is 2.35. The van der Waals surface area contributed by atoms with Crippen LogP contribution in [0.5, 0.6) is 0 Å². The smallest absolute Gasteiger partial charge is 0.354 e. The first-order chi connectivity index (χ1) is 17.0. The van der Waals surface area contributed by atoms with Gasteiger partial charge < -0.3 is 15.7 Å². The Morgan fingerprint density at radius 2 is 2.00 bits per heavy atom. The van der Waals surface area contributed by atoms with Crippen molar-refractivity contribution in [1.29, 1.82) is 0 Å². The molecule has 2 heterocycles. The van der Waals surface area contributed by atoms with E-state index in [2.05, 4.69) is 27.5 Å². The van der Waals surface area contributed by atoms with Crippen molar-refractivity contribution in [2.75, 3.05) is 12.3 Å². The lowest BCUT2D eigenvalue weighted by molar-refractivity contribution is -0.113. The lowest BCUT2D eigenvalue weighted by atomic mass is 9.88. The molecule has 2 unspecified atom stereocenters. The van der Waals surface area contributed by atoms with Crippen molar-refractivity contribution in [3.8, 4) is 0 Å². The molecule has 3 N–H and O–H groups in total. The number of allylic oxidation sites excluding steroid dienone is 8. The van der Waals surface area contributed by atoms with Crippen molar-refractivity contribution in [2.45, 2.75) is 53.1 Å². The highest BCUT2D eigenvalue weighted by molar-refractivity contribution is 9.11. The highest BCUT2D eigenvalue weighted by atomic mass is 79.9. The average molecular weight is 561 g/mol. The first-order valence-corrected chi connectivity index (χ1v) is 12.5. The van der Waals surface area contributed by atoms with Gasteiger partial charge in [0, 0.05) is 52.1 Å².